The number of hydrogen-bond acceptors (Lipinski definition) is 5. The number of aliphatic imine (C=N–C) groups is 1. The highest BCUT2D eigenvalue weighted by Gasteiger charge is 2.22. The van der Waals surface area contributed by atoms with Crippen LogP contribution in [0.4, 0.5) is 10.2 Å². The Morgan fingerprint density at radius 3 is 2.71 bits per heavy atom. The standard InChI is InChI=1S/C21H20FN5O/c1-26-13-16(12-25-26)17-10-18-15(8-19(17)22)11-24-21(18)14-2-3-23-20(9-14)27-4-6-28-7-5-27/h2-3,8-10,12-13H,4-7,11H2,1H3. The summed E-state index contributed by atoms with van der Waals surface area (Å²) in [6.07, 6.45) is 5.31. The number of ether oxygens (including phenoxy) is 1. The quantitative estimate of drug-likeness (QED) is 0.704. The molecule has 2 aliphatic heterocycles. The summed E-state index contributed by atoms with van der Waals surface area (Å²) in [5.41, 5.74) is 5.07. The van der Waals surface area contributed by atoms with Gasteiger partial charge >= 0.3 is 0 Å². The van der Waals surface area contributed by atoms with Crippen molar-refractivity contribution in [2.45, 2.75) is 6.54 Å². The van der Waals surface area contributed by atoms with Crippen LogP contribution < -0.4 is 4.90 Å². The molecule has 1 saturated heterocycles. The zero-order chi connectivity index (χ0) is 19.1. The van der Waals surface area contributed by atoms with Gasteiger partial charge in [0.25, 0.3) is 0 Å². The number of fused-ring (bicyclic) bond motifs is 1. The number of pyridine rings is 1. The monoisotopic (exact) mass is 377 g/mol. The second-order valence-corrected chi connectivity index (χ2v) is 7.06. The van der Waals surface area contributed by atoms with E-state index in [1.807, 2.05) is 31.6 Å². The highest BCUT2D eigenvalue weighted by molar-refractivity contribution is 6.15. The molecule has 0 bridgehead atoms. The minimum atomic E-state index is -0.244. The second kappa shape index (κ2) is 6.83. The zero-order valence-electron chi connectivity index (χ0n) is 15.6. The Hall–Kier alpha value is -3.06. The second-order valence-electron chi connectivity index (χ2n) is 7.06. The number of rotatable bonds is 3. The van der Waals surface area contributed by atoms with E-state index in [4.69, 9.17) is 9.73 Å². The number of hydrogen-bond donors (Lipinski definition) is 0. The molecule has 0 spiro atoms. The first-order chi connectivity index (χ1) is 13.7. The largest absolute Gasteiger partial charge is 0.378 e. The van der Waals surface area contributed by atoms with E-state index in [0.29, 0.717) is 25.3 Å². The Balaban J connectivity index is 1.53. The number of halogens is 1. The SMILES string of the molecule is Cn1cc(-c2cc3c(cc2F)CN=C3c2ccnc(N3CCOCC3)c2)cn1. The summed E-state index contributed by atoms with van der Waals surface area (Å²) in [5.74, 6) is 0.679. The summed E-state index contributed by atoms with van der Waals surface area (Å²) in [6, 6.07) is 7.51. The molecule has 1 aromatic carbocycles. The van der Waals surface area contributed by atoms with Crippen molar-refractivity contribution in [3.05, 3.63) is 65.4 Å². The van der Waals surface area contributed by atoms with Gasteiger partial charge in [0.15, 0.2) is 0 Å². The Kier molecular flexibility index (Phi) is 4.16. The Morgan fingerprint density at radius 1 is 1.07 bits per heavy atom. The molecule has 4 heterocycles. The summed E-state index contributed by atoms with van der Waals surface area (Å²) in [5, 5.41) is 4.16. The number of aryl methyl sites for hydroxylation is 1. The lowest BCUT2D eigenvalue weighted by atomic mass is 9.96. The summed E-state index contributed by atoms with van der Waals surface area (Å²) >= 11 is 0. The van der Waals surface area contributed by atoms with Gasteiger partial charge in [-0.3, -0.25) is 9.67 Å². The number of anilines is 1. The minimum absolute atomic E-state index is 0.244. The summed E-state index contributed by atoms with van der Waals surface area (Å²) in [7, 11) is 1.83. The van der Waals surface area contributed by atoms with E-state index in [-0.39, 0.29) is 5.82 Å². The predicted octanol–water partition coefficient (Wildman–Crippen LogP) is 2.81. The van der Waals surface area contributed by atoms with Gasteiger partial charge in [0.1, 0.15) is 11.6 Å². The minimum Gasteiger partial charge on any atom is -0.378 e. The van der Waals surface area contributed by atoms with E-state index in [0.717, 1.165) is 46.9 Å². The fourth-order valence-electron chi connectivity index (χ4n) is 3.77. The third-order valence-corrected chi connectivity index (χ3v) is 5.23. The molecule has 2 aliphatic rings. The highest BCUT2D eigenvalue weighted by Crippen LogP contribution is 2.31. The lowest BCUT2D eigenvalue weighted by Crippen LogP contribution is -2.36. The number of nitrogens with zero attached hydrogens (tertiary/aromatic N) is 5. The molecule has 7 heteroatoms. The van der Waals surface area contributed by atoms with Crippen molar-refractivity contribution in [3.63, 3.8) is 0 Å². The van der Waals surface area contributed by atoms with Crippen LogP contribution in [-0.2, 0) is 18.3 Å². The summed E-state index contributed by atoms with van der Waals surface area (Å²) in [4.78, 5) is 11.4. The average Bonchev–Trinajstić information content (AvgIpc) is 3.34. The van der Waals surface area contributed by atoms with Crippen molar-refractivity contribution in [2.24, 2.45) is 12.0 Å². The van der Waals surface area contributed by atoms with Crippen LogP contribution in [0.5, 0.6) is 0 Å². The average molecular weight is 377 g/mol. The molecule has 0 radical (unpaired) electrons. The van der Waals surface area contributed by atoms with Gasteiger partial charge in [-0.2, -0.15) is 5.10 Å². The lowest BCUT2D eigenvalue weighted by Gasteiger charge is -2.28. The lowest BCUT2D eigenvalue weighted by molar-refractivity contribution is 0.122. The predicted molar refractivity (Wildman–Crippen MR) is 105 cm³/mol. The van der Waals surface area contributed by atoms with Crippen molar-refractivity contribution in [3.8, 4) is 11.1 Å². The van der Waals surface area contributed by atoms with E-state index >= 15 is 0 Å². The molecule has 28 heavy (non-hydrogen) atoms. The molecule has 0 amide bonds. The molecule has 2 aromatic heterocycles. The molecule has 142 valence electrons. The van der Waals surface area contributed by atoms with Gasteiger partial charge in [-0.25, -0.2) is 9.37 Å². The number of aromatic nitrogens is 3. The Morgan fingerprint density at radius 2 is 1.93 bits per heavy atom. The van der Waals surface area contributed by atoms with Gasteiger partial charge in [0.2, 0.25) is 0 Å². The van der Waals surface area contributed by atoms with Gasteiger partial charge in [-0.05, 0) is 29.8 Å². The third-order valence-electron chi connectivity index (χ3n) is 5.23. The van der Waals surface area contributed by atoms with E-state index in [1.165, 1.54) is 0 Å². The van der Waals surface area contributed by atoms with Crippen LogP contribution in [0, 0.1) is 5.82 Å². The maximum atomic E-state index is 14.7. The van der Waals surface area contributed by atoms with Crippen molar-refractivity contribution in [1.82, 2.24) is 14.8 Å². The van der Waals surface area contributed by atoms with Crippen LogP contribution in [0.25, 0.3) is 11.1 Å². The normalized spacial score (nSPS) is 16.2. The third kappa shape index (κ3) is 2.97. The first-order valence-electron chi connectivity index (χ1n) is 9.34. The van der Waals surface area contributed by atoms with Gasteiger partial charge < -0.3 is 9.64 Å². The van der Waals surface area contributed by atoms with Crippen molar-refractivity contribution >= 4 is 11.5 Å². The topological polar surface area (TPSA) is 55.5 Å². The maximum Gasteiger partial charge on any atom is 0.131 e. The van der Waals surface area contributed by atoms with E-state index in [2.05, 4.69) is 21.0 Å². The smallest absolute Gasteiger partial charge is 0.131 e. The van der Waals surface area contributed by atoms with Crippen LogP contribution in [0.1, 0.15) is 16.7 Å². The maximum absolute atomic E-state index is 14.7. The highest BCUT2D eigenvalue weighted by atomic mass is 19.1. The van der Waals surface area contributed by atoms with Gasteiger partial charge in [-0.1, -0.05) is 0 Å². The molecule has 0 atom stereocenters. The van der Waals surface area contributed by atoms with E-state index in [9.17, 15) is 4.39 Å². The molecule has 3 aromatic rings. The summed E-state index contributed by atoms with van der Waals surface area (Å²) < 4.78 is 21.8. The fraction of sp³-hybridized carbons (Fsp3) is 0.286. The van der Waals surface area contributed by atoms with Crippen LogP contribution in [0.2, 0.25) is 0 Å². The first-order valence-corrected chi connectivity index (χ1v) is 9.34. The molecule has 0 unspecified atom stereocenters. The molecule has 6 nitrogen and oxygen atoms in total. The Labute approximate surface area is 162 Å². The molecule has 1 fully saturated rings. The van der Waals surface area contributed by atoms with Crippen molar-refractivity contribution in [1.29, 1.82) is 0 Å². The van der Waals surface area contributed by atoms with Crippen LogP contribution in [-0.4, -0.2) is 46.8 Å². The van der Waals surface area contributed by atoms with Crippen LogP contribution >= 0.6 is 0 Å². The first kappa shape index (κ1) is 17.1. The van der Waals surface area contributed by atoms with Crippen molar-refractivity contribution < 1.29 is 9.13 Å². The zero-order valence-corrected chi connectivity index (χ0v) is 15.6. The number of morpholine rings is 1. The van der Waals surface area contributed by atoms with Crippen molar-refractivity contribution in [2.75, 3.05) is 31.2 Å². The molecule has 5 rings (SSSR count). The Bertz CT molecular complexity index is 1070. The van der Waals surface area contributed by atoms with Gasteiger partial charge in [-0.15, -0.1) is 0 Å². The van der Waals surface area contributed by atoms with E-state index < -0.39 is 0 Å². The molecule has 0 saturated carbocycles. The fourth-order valence-corrected chi connectivity index (χ4v) is 3.77. The number of benzene rings is 1. The molecule has 0 aliphatic carbocycles. The summed E-state index contributed by atoms with van der Waals surface area (Å²) in [6.45, 7) is 3.57. The van der Waals surface area contributed by atoms with Gasteiger partial charge in [0, 0.05) is 54.8 Å². The van der Waals surface area contributed by atoms with Crippen LogP contribution in [0.3, 0.4) is 0 Å². The van der Waals surface area contributed by atoms with Gasteiger partial charge in [0.05, 0.1) is 31.7 Å². The molecule has 0 N–H and O–H groups in total. The van der Waals surface area contributed by atoms with E-state index in [1.54, 1.807) is 16.9 Å². The van der Waals surface area contributed by atoms with Crippen LogP contribution in [0.15, 0.2) is 47.8 Å². The molecular weight excluding hydrogens is 357 g/mol. The molecular formula is C21H20FN5O.